The number of methoxy groups -OCH3 is 1. The number of benzene rings is 2. The zero-order valence-electron chi connectivity index (χ0n) is 16.6. The molecule has 7 nitrogen and oxygen atoms in total. The lowest BCUT2D eigenvalue weighted by molar-refractivity contribution is -0.115. The summed E-state index contributed by atoms with van der Waals surface area (Å²) in [5.74, 6) is 1.87. The summed E-state index contributed by atoms with van der Waals surface area (Å²) < 4.78 is 12.7. The van der Waals surface area contributed by atoms with Crippen molar-refractivity contribution in [2.24, 2.45) is 7.05 Å². The Morgan fingerprint density at radius 3 is 2.57 bits per heavy atom. The maximum atomic E-state index is 12.5. The first-order valence-electron chi connectivity index (χ1n) is 8.95. The van der Waals surface area contributed by atoms with Crippen molar-refractivity contribution in [2.45, 2.75) is 23.9 Å². The number of hydrogen-bond donors (Lipinski definition) is 1. The fourth-order valence-corrected chi connectivity index (χ4v) is 3.60. The van der Waals surface area contributed by atoms with Crippen LogP contribution < -0.4 is 14.8 Å². The zero-order chi connectivity index (χ0) is 21.7. The lowest BCUT2D eigenvalue weighted by Gasteiger charge is -2.13. The number of nitrogens with one attached hydrogen (secondary N) is 1. The standard InChI is InChI=1S/C20H20Cl2N4O3S/c1-12(19(27)23-17-10-13(21)4-9-16(17)22)30-20-25-24-18(26(20)2)11-29-15-7-5-14(28-3)6-8-15/h4-10,12H,11H2,1-3H3,(H,23,27). The molecule has 2 aromatic carbocycles. The van der Waals surface area contributed by atoms with E-state index in [0.717, 1.165) is 5.75 Å². The van der Waals surface area contributed by atoms with Gasteiger partial charge in [0.15, 0.2) is 11.0 Å². The van der Waals surface area contributed by atoms with Crippen molar-refractivity contribution in [3.8, 4) is 11.5 Å². The number of thioether (sulfide) groups is 1. The quantitative estimate of drug-likeness (QED) is 0.479. The summed E-state index contributed by atoms with van der Waals surface area (Å²) in [5, 5.41) is 12.2. The molecule has 1 atom stereocenters. The molecule has 0 saturated carbocycles. The predicted octanol–water partition coefficient (Wildman–Crippen LogP) is 4.83. The van der Waals surface area contributed by atoms with E-state index in [1.54, 1.807) is 36.8 Å². The molecule has 1 aromatic heterocycles. The highest BCUT2D eigenvalue weighted by Crippen LogP contribution is 2.28. The van der Waals surface area contributed by atoms with Gasteiger partial charge in [-0.2, -0.15) is 0 Å². The van der Waals surface area contributed by atoms with E-state index in [0.29, 0.717) is 32.5 Å². The number of nitrogens with zero attached hydrogens (tertiary/aromatic N) is 3. The summed E-state index contributed by atoms with van der Waals surface area (Å²) in [6, 6.07) is 12.2. The Balaban J connectivity index is 1.59. The minimum absolute atomic E-state index is 0.219. The van der Waals surface area contributed by atoms with Gasteiger partial charge in [0.2, 0.25) is 5.91 Å². The number of hydrogen-bond acceptors (Lipinski definition) is 6. The van der Waals surface area contributed by atoms with Crippen LogP contribution in [0.1, 0.15) is 12.7 Å². The molecule has 0 aliphatic carbocycles. The summed E-state index contributed by atoms with van der Waals surface area (Å²) in [5.41, 5.74) is 0.466. The summed E-state index contributed by atoms with van der Waals surface area (Å²) in [6.07, 6.45) is 0. The highest BCUT2D eigenvalue weighted by molar-refractivity contribution is 8.00. The Labute approximate surface area is 188 Å². The van der Waals surface area contributed by atoms with Gasteiger partial charge in [0.1, 0.15) is 18.1 Å². The lowest BCUT2D eigenvalue weighted by atomic mass is 10.3. The van der Waals surface area contributed by atoms with Crippen molar-refractivity contribution in [3.05, 3.63) is 58.3 Å². The maximum absolute atomic E-state index is 12.5. The molecule has 158 valence electrons. The second kappa shape index (κ2) is 10.1. The molecule has 0 spiro atoms. The van der Waals surface area contributed by atoms with Gasteiger partial charge in [0.25, 0.3) is 0 Å². The van der Waals surface area contributed by atoms with E-state index in [-0.39, 0.29) is 12.5 Å². The largest absolute Gasteiger partial charge is 0.497 e. The van der Waals surface area contributed by atoms with Crippen LogP contribution in [0.3, 0.4) is 0 Å². The van der Waals surface area contributed by atoms with Crippen LogP contribution in [-0.4, -0.2) is 33.0 Å². The number of amides is 1. The molecule has 10 heteroatoms. The normalized spacial score (nSPS) is 11.8. The van der Waals surface area contributed by atoms with Gasteiger partial charge in [-0.1, -0.05) is 35.0 Å². The molecule has 0 aliphatic rings. The maximum Gasteiger partial charge on any atom is 0.237 e. The number of carbonyl (C=O) groups excluding carboxylic acids is 1. The number of anilines is 1. The Morgan fingerprint density at radius 1 is 1.17 bits per heavy atom. The molecular weight excluding hydrogens is 447 g/mol. The van der Waals surface area contributed by atoms with Gasteiger partial charge < -0.3 is 19.4 Å². The average molecular weight is 467 g/mol. The summed E-state index contributed by atoms with van der Waals surface area (Å²) in [4.78, 5) is 12.5. The predicted molar refractivity (Wildman–Crippen MR) is 119 cm³/mol. The van der Waals surface area contributed by atoms with E-state index >= 15 is 0 Å². The molecule has 0 radical (unpaired) electrons. The third kappa shape index (κ3) is 5.59. The molecule has 1 amide bonds. The van der Waals surface area contributed by atoms with Crippen LogP contribution in [0.4, 0.5) is 5.69 Å². The fourth-order valence-electron chi connectivity index (χ4n) is 2.43. The van der Waals surface area contributed by atoms with Gasteiger partial charge >= 0.3 is 0 Å². The second-order valence-electron chi connectivity index (χ2n) is 6.30. The van der Waals surface area contributed by atoms with Crippen molar-refractivity contribution in [3.63, 3.8) is 0 Å². The number of rotatable bonds is 8. The van der Waals surface area contributed by atoms with Crippen LogP contribution in [-0.2, 0) is 18.4 Å². The van der Waals surface area contributed by atoms with Crippen molar-refractivity contribution in [1.29, 1.82) is 0 Å². The fraction of sp³-hybridized carbons (Fsp3) is 0.250. The van der Waals surface area contributed by atoms with E-state index in [9.17, 15) is 4.79 Å². The van der Waals surface area contributed by atoms with Crippen molar-refractivity contribution >= 4 is 46.6 Å². The van der Waals surface area contributed by atoms with E-state index in [2.05, 4.69) is 15.5 Å². The molecule has 3 aromatic rings. The highest BCUT2D eigenvalue weighted by atomic mass is 35.5. The number of halogens is 2. The number of ether oxygens (including phenoxy) is 2. The first-order chi connectivity index (χ1) is 14.4. The van der Waals surface area contributed by atoms with Gasteiger partial charge in [-0.15, -0.1) is 10.2 Å². The second-order valence-corrected chi connectivity index (χ2v) is 8.45. The molecule has 1 N–H and O–H groups in total. The van der Waals surface area contributed by atoms with Crippen LogP contribution in [0.15, 0.2) is 47.6 Å². The van der Waals surface area contributed by atoms with E-state index < -0.39 is 5.25 Å². The van der Waals surface area contributed by atoms with Crippen molar-refractivity contribution in [2.75, 3.05) is 12.4 Å². The van der Waals surface area contributed by atoms with Crippen molar-refractivity contribution in [1.82, 2.24) is 14.8 Å². The first-order valence-corrected chi connectivity index (χ1v) is 10.6. The Hall–Kier alpha value is -2.42. The molecular formula is C20H20Cl2N4O3S. The van der Waals surface area contributed by atoms with Crippen LogP contribution >= 0.6 is 35.0 Å². The molecule has 1 unspecified atom stereocenters. The van der Waals surface area contributed by atoms with Gasteiger partial charge in [-0.3, -0.25) is 4.79 Å². The summed E-state index contributed by atoms with van der Waals surface area (Å²) in [6.45, 7) is 2.02. The van der Waals surface area contributed by atoms with E-state index in [1.807, 2.05) is 31.3 Å². The summed E-state index contributed by atoms with van der Waals surface area (Å²) >= 11 is 13.4. The molecule has 0 aliphatic heterocycles. The minimum atomic E-state index is -0.432. The van der Waals surface area contributed by atoms with Crippen LogP contribution in [0.5, 0.6) is 11.5 Å². The topological polar surface area (TPSA) is 78.3 Å². The van der Waals surface area contributed by atoms with Crippen LogP contribution in [0.25, 0.3) is 0 Å². The van der Waals surface area contributed by atoms with Gasteiger partial charge in [0.05, 0.1) is 23.1 Å². The lowest BCUT2D eigenvalue weighted by Crippen LogP contribution is -2.23. The number of aromatic nitrogens is 3. The van der Waals surface area contributed by atoms with Crippen LogP contribution in [0.2, 0.25) is 10.0 Å². The average Bonchev–Trinajstić information content (AvgIpc) is 3.08. The van der Waals surface area contributed by atoms with Gasteiger partial charge in [-0.25, -0.2) is 0 Å². The Morgan fingerprint density at radius 2 is 1.87 bits per heavy atom. The van der Waals surface area contributed by atoms with Gasteiger partial charge in [0, 0.05) is 12.1 Å². The zero-order valence-corrected chi connectivity index (χ0v) is 18.9. The third-order valence-corrected chi connectivity index (χ3v) is 5.89. The molecule has 1 heterocycles. The SMILES string of the molecule is COc1ccc(OCc2nnc(SC(C)C(=O)Nc3cc(Cl)ccc3Cl)n2C)cc1. The third-order valence-electron chi connectivity index (χ3n) is 4.19. The molecule has 30 heavy (non-hydrogen) atoms. The summed E-state index contributed by atoms with van der Waals surface area (Å²) in [7, 11) is 3.44. The monoisotopic (exact) mass is 466 g/mol. The smallest absolute Gasteiger partial charge is 0.237 e. The number of carbonyl (C=O) groups is 1. The minimum Gasteiger partial charge on any atom is -0.497 e. The Kier molecular flexibility index (Phi) is 7.47. The van der Waals surface area contributed by atoms with E-state index in [4.69, 9.17) is 32.7 Å². The van der Waals surface area contributed by atoms with Crippen LogP contribution in [0, 0.1) is 0 Å². The van der Waals surface area contributed by atoms with Crippen molar-refractivity contribution < 1.29 is 14.3 Å². The van der Waals surface area contributed by atoms with E-state index in [1.165, 1.54) is 11.8 Å². The highest BCUT2D eigenvalue weighted by Gasteiger charge is 2.20. The van der Waals surface area contributed by atoms with Gasteiger partial charge in [-0.05, 0) is 49.4 Å². The molecule has 3 rings (SSSR count). The molecule has 0 saturated heterocycles. The molecule has 0 bridgehead atoms. The Bertz CT molecular complexity index is 1030. The molecule has 0 fully saturated rings. The first kappa shape index (κ1) is 22.3.